The van der Waals surface area contributed by atoms with E-state index in [1.807, 2.05) is 36.1 Å². The number of halogens is 1. The minimum Gasteiger partial charge on any atom is -0.540 e. The number of nitrogens with zero attached hydrogens (tertiary/aromatic N) is 3. The zero-order valence-corrected chi connectivity index (χ0v) is 22.7. The summed E-state index contributed by atoms with van der Waals surface area (Å²) < 4.78 is 6.77. The summed E-state index contributed by atoms with van der Waals surface area (Å²) in [6.07, 6.45) is 5.57. The Morgan fingerprint density at radius 2 is 1.79 bits per heavy atom. The molecular formula is C26H33ClN4O2Si+. The van der Waals surface area contributed by atoms with Gasteiger partial charge >= 0.3 is 0 Å². The van der Waals surface area contributed by atoms with Gasteiger partial charge in [0.15, 0.2) is 5.76 Å². The second-order valence-corrected chi connectivity index (χ2v) is 15.8. The maximum atomic E-state index is 13.3. The van der Waals surface area contributed by atoms with E-state index in [-0.39, 0.29) is 12.2 Å². The number of allylic oxidation sites excluding steroid dienone is 3. The lowest BCUT2D eigenvalue weighted by Crippen LogP contribution is -2.48. The average molecular weight is 497 g/mol. The summed E-state index contributed by atoms with van der Waals surface area (Å²) >= 11 is 6.44. The molecule has 1 aromatic carbocycles. The highest BCUT2D eigenvalue weighted by Gasteiger charge is 2.50. The maximum Gasteiger partial charge on any atom is 0.258 e. The van der Waals surface area contributed by atoms with Crippen LogP contribution >= 0.6 is 11.6 Å². The van der Waals surface area contributed by atoms with Crippen LogP contribution in [-0.4, -0.2) is 26.3 Å². The average Bonchev–Trinajstić information content (AvgIpc) is 3.24. The molecule has 1 aromatic rings. The van der Waals surface area contributed by atoms with Crippen molar-refractivity contribution in [1.82, 2.24) is 4.90 Å². The number of carbonyl (C=O) groups excluding carboxylic acids is 1. The van der Waals surface area contributed by atoms with Gasteiger partial charge in [-0.05, 0) is 40.1 Å². The third-order valence-corrected chi connectivity index (χ3v) is 13.3. The number of para-hydroxylation sites is 1. The van der Waals surface area contributed by atoms with E-state index in [1.165, 1.54) is 0 Å². The molecule has 1 aliphatic carbocycles. The van der Waals surface area contributed by atoms with Crippen molar-refractivity contribution < 1.29 is 9.22 Å². The summed E-state index contributed by atoms with van der Waals surface area (Å²) in [5.74, 6) is 1.04. The number of hydrogen-bond acceptors (Lipinski definition) is 6. The van der Waals surface area contributed by atoms with Gasteiger partial charge in [-0.2, -0.15) is 0 Å². The minimum absolute atomic E-state index is 0.0295. The van der Waals surface area contributed by atoms with Crippen LogP contribution in [0.2, 0.25) is 21.6 Å². The zero-order chi connectivity index (χ0) is 24.8. The second kappa shape index (κ2) is 9.28. The maximum absolute atomic E-state index is 13.3. The molecule has 0 atom stereocenters. The third kappa shape index (κ3) is 4.10. The van der Waals surface area contributed by atoms with Crippen molar-refractivity contribution >= 4 is 43.6 Å². The molecule has 6 nitrogen and oxygen atoms in total. The fourth-order valence-corrected chi connectivity index (χ4v) is 10.9. The van der Waals surface area contributed by atoms with E-state index >= 15 is 0 Å². The number of benzene rings is 1. The fraction of sp³-hybridized carbons (Fsp3) is 0.423. The van der Waals surface area contributed by atoms with Gasteiger partial charge in [0.2, 0.25) is 17.3 Å². The van der Waals surface area contributed by atoms with E-state index < -0.39 is 8.32 Å². The largest absolute Gasteiger partial charge is 0.540 e. The van der Waals surface area contributed by atoms with Gasteiger partial charge in [-0.1, -0.05) is 65.3 Å². The number of rotatable bonds is 6. The SMILES string of the molecule is Cc1cccc(Cl)c1NC1=NC2=C(C=C(O[Si](C(C)C)(C(C)C)C(C)C)C(=O)C2)[N+]2C=NC=C12. The number of Topliss-reactive ketones (excluding diaryl/α,β-unsaturated/α-hetero) is 1. The van der Waals surface area contributed by atoms with E-state index in [0.717, 1.165) is 22.6 Å². The molecule has 0 bridgehead atoms. The molecule has 0 saturated heterocycles. The molecule has 4 rings (SSSR count). The number of anilines is 1. The van der Waals surface area contributed by atoms with Crippen LogP contribution in [0.25, 0.3) is 0 Å². The topological polar surface area (TPSA) is 69.0 Å². The predicted molar refractivity (Wildman–Crippen MR) is 143 cm³/mol. The summed E-state index contributed by atoms with van der Waals surface area (Å²) in [5, 5.41) is 3.98. The molecule has 1 radical (unpaired) electrons. The smallest absolute Gasteiger partial charge is 0.258 e. The summed E-state index contributed by atoms with van der Waals surface area (Å²) in [6.45, 7) is 15.3. The molecule has 0 unspecified atom stereocenters. The van der Waals surface area contributed by atoms with Gasteiger partial charge in [0.25, 0.3) is 20.4 Å². The van der Waals surface area contributed by atoms with Gasteiger partial charge in [0, 0.05) is 0 Å². The molecule has 0 amide bonds. The molecule has 2 aliphatic heterocycles. The van der Waals surface area contributed by atoms with E-state index in [2.05, 4.69) is 51.9 Å². The monoisotopic (exact) mass is 496 g/mol. The van der Waals surface area contributed by atoms with E-state index in [1.54, 1.807) is 12.5 Å². The van der Waals surface area contributed by atoms with Gasteiger partial charge in [0.1, 0.15) is 11.9 Å². The van der Waals surface area contributed by atoms with Gasteiger partial charge in [0.05, 0.1) is 23.2 Å². The first-order chi connectivity index (χ1) is 16.1. The normalized spacial score (nSPS) is 18.3. The Kier molecular flexibility index (Phi) is 6.73. The lowest BCUT2D eigenvalue weighted by molar-refractivity contribution is -0.117. The summed E-state index contributed by atoms with van der Waals surface area (Å²) in [4.78, 5) is 24.4. The molecule has 0 spiro atoms. The van der Waals surface area contributed by atoms with Crippen molar-refractivity contribution in [3.63, 3.8) is 0 Å². The highest BCUT2D eigenvalue weighted by Crippen LogP contribution is 2.45. The lowest BCUT2D eigenvalue weighted by atomic mass is 10.0. The number of ketones is 1. The van der Waals surface area contributed by atoms with Crippen LogP contribution in [0.15, 0.2) is 63.3 Å². The lowest BCUT2D eigenvalue weighted by Gasteiger charge is -2.42. The number of aryl methyl sites for hydroxylation is 1. The van der Waals surface area contributed by atoms with Crippen LogP contribution < -0.4 is 10.2 Å². The molecule has 0 fully saturated rings. The van der Waals surface area contributed by atoms with Gasteiger partial charge in [-0.15, -0.1) is 0 Å². The molecular weight excluding hydrogens is 464 g/mol. The van der Waals surface area contributed by atoms with Gasteiger partial charge in [-0.3, -0.25) is 4.79 Å². The second-order valence-electron chi connectivity index (χ2n) is 10.0. The van der Waals surface area contributed by atoms with Crippen molar-refractivity contribution in [2.24, 2.45) is 9.98 Å². The Morgan fingerprint density at radius 1 is 1.12 bits per heavy atom. The first-order valence-corrected chi connectivity index (χ1v) is 14.4. The van der Waals surface area contributed by atoms with E-state index in [4.69, 9.17) is 21.0 Å². The van der Waals surface area contributed by atoms with Crippen molar-refractivity contribution in [2.75, 3.05) is 5.32 Å². The Labute approximate surface area is 208 Å². The molecule has 0 saturated carbocycles. The zero-order valence-electron chi connectivity index (χ0n) is 20.9. The first-order valence-electron chi connectivity index (χ1n) is 11.9. The Morgan fingerprint density at radius 3 is 2.41 bits per heavy atom. The summed E-state index contributed by atoms with van der Waals surface area (Å²) in [5.41, 5.74) is 5.27. The van der Waals surface area contributed by atoms with E-state index in [9.17, 15) is 4.79 Å². The number of carbonyl (C=O) groups is 1. The predicted octanol–water partition coefficient (Wildman–Crippen LogP) is 6.76. The highest BCUT2D eigenvalue weighted by atomic mass is 35.5. The number of amidine groups is 1. The Bertz CT molecular complexity index is 1140. The molecule has 8 heteroatoms. The standard InChI is InChI=1S/C26H33ClN4O2Si/c1-15(2)34(16(3)4,17(5)6)33-24-12-21-20(11-23(24)32)29-26(22-13-28-14-31(21)22)30-25-18(7)9-8-10-19(25)27/h8-10,12-17H,11H2,1-7H3,(H,29,30)/q+1. The van der Waals surface area contributed by atoms with Gasteiger partial charge in [-0.25, -0.2) is 9.98 Å². The third-order valence-electron chi connectivity index (χ3n) is 7.01. The Balaban J connectivity index is 1.74. The van der Waals surface area contributed by atoms with Crippen LogP contribution in [0.1, 0.15) is 53.5 Å². The number of hydrogen-bond donors (Lipinski definition) is 1. The van der Waals surface area contributed by atoms with Crippen LogP contribution in [0, 0.1) is 6.92 Å². The van der Waals surface area contributed by atoms with Crippen molar-refractivity contribution in [3.8, 4) is 0 Å². The van der Waals surface area contributed by atoms with Crippen LogP contribution in [0.4, 0.5) is 5.69 Å². The Hall–Kier alpha value is -2.48. The minimum atomic E-state index is -2.27. The summed E-state index contributed by atoms with van der Waals surface area (Å²) in [6, 6.07) is 5.74. The van der Waals surface area contributed by atoms with Gasteiger partial charge < -0.3 is 9.74 Å². The van der Waals surface area contributed by atoms with E-state index in [0.29, 0.717) is 38.9 Å². The van der Waals surface area contributed by atoms with Crippen molar-refractivity contribution in [3.05, 3.63) is 63.9 Å². The number of nitrogens with one attached hydrogen (secondary N) is 1. The number of fused-ring (bicyclic) bond motifs is 2. The molecule has 3 aliphatic rings. The van der Waals surface area contributed by atoms with Crippen molar-refractivity contribution in [1.29, 1.82) is 0 Å². The molecule has 179 valence electrons. The quantitative estimate of drug-likeness (QED) is 0.349. The van der Waals surface area contributed by atoms with Crippen LogP contribution in [0.5, 0.6) is 0 Å². The highest BCUT2D eigenvalue weighted by molar-refractivity contribution is 6.78. The first kappa shape index (κ1) is 24.6. The molecule has 1 N–H and O–H groups in total. The fourth-order valence-electron chi connectivity index (χ4n) is 5.41. The number of aliphatic imine (C=N–C) groups is 2. The molecule has 34 heavy (non-hydrogen) atoms. The van der Waals surface area contributed by atoms with Crippen molar-refractivity contribution in [2.45, 2.75) is 71.5 Å². The molecule has 2 heterocycles. The van der Waals surface area contributed by atoms with Crippen LogP contribution in [-0.2, 0) is 9.22 Å². The van der Waals surface area contributed by atoms with Crippen LogP contribution in [0.3, 0.4) is 0 Å². The summed E-state index contributed by atoms with van der Waals surface area (Å²) in [7, 11) is -2.27. The molecule has 0 aromatic heterocycles.